The van der Waals surface area contributed by atoms with Crippen LogP contribution >= 0.6 is 0 Å². The van der Waals surface area contributed by atoms with Crippen LogP contribution in [-0.4, -0.2) is 23.2 Å². The van der Waals surface area contributed by atoms with Crippen molar-refractivity contribution in [2.24, 2.45) is 5.92 Å². The molecule has 0 radical (unpaired) electrons. The van der Waals surface area contributed by atoms with Crippen molar-refractivity contribution in [3.8, 4) is 6.07 Å². The summed E-state index contributed by atoms with van der Waals surface area (Å²) in [5.74, 6) is -0.0788. The summed E-state index contributed by atoms with van der Waals surface area (Å²) in [5, 5.41) is 18.3. The lowest BCUT2D eigenvalue weighted by Crippen LogP contribution is -2.45. The van der Waals surface area contributed by atoms with Gasteiger partial charge in [0, 0.05) is 30.2 Å². The molecule has 2 rings (SSSR count). The van der Waals surface area contributed by atoms with E-state index in [1.165, 1.54) is 0 Å². The van der Waals surface area contributed by atoms with Crippen LogP contribution in [0.3, 0.4) is 0 Å². The minimum atomic E-state index is -0.431. The number of benzene rings is 1. The topological polar surface area (TPSA) is 64.3 Å². The fourth-order valence-corrected chi connectivity index (χ4v) is 2.54. The van der Waals surface area contributed by atoms with Crippen LogP contribution in [-0.2, 0) is 4.79 Å². The van der Waals surface area contributed by atoms with Crippen molar-refractivity contribution in [3.63, 3.8) is 0 Å². The van der Waals surface area contributed by atoms with Crippen LogP contribution in [0.5, 0.6) is 0 Å². The normalized spacial score (nSPS) is 22.0. The molecule has 1 N–H and O–H groups in total. The van der Waals surface area contributed by atoms with E-state index >= 15 is 0 Å². The first kappa shape index (κ1) is 12.6. The second-order valence-electron chi connectivity index (χ2n) is 5.13. The Bertz CT molecular complexity index is 517. The first-order valence-electron chi connectivity index (χ1n) is 5.94. The van der Waals surface area contributed by atoms with Crippen LogP contribution in [0.4, 0.5) is 5.69 Å². The lowest BCUT2D eigenvalue weighted by atomic mass is 9.89. The van der Waals surface area contributed by atoms with E-state index in [4.69, 9.17) is 5.26 Å². The average Bonchev–Trinajstić information content (AvgIpc) is 2.58. The number of nitriles is 1. The zero-order valence-corrected chi connectivity index (χ0v) is 10.6. The number of aliphatic hydroxyl groups is 1. The maximum atomic E-state index is 12.1. The quantitative estimate of drug-likeness (QED) is 0.860. The number of nitrogens with zero attached hydrogens (tertiary/aromatic N) is 2. The van der Waals surface area contributed by atoms with Gasteiger partial charge in [0.2, 0.25) is 5.91 Å². The highest BCUT2D eigenvalue weighted by molar-refractivity contribution is 5.97. The lowest BCUT2D eigenvalue weighted by Gasteiger charge is -2.35. The molecule has 1 heterocycles. The van der Waals surface area contributed by atoms with Crippen molar-refractivity contribution < 1.29 is 9.90 Å². The van der Waals surface area contributed by atoms with Crippen LogP contribution in [0.2, 0.25) is 0 Å². The Morgan fingerprint density at radius 2 is 2.28 bits per heavy atom. The SMILES string of the molecule is CC1(C)C(CO)CC(=O)N1c1cccc(C#N)c1. The molecule has 1 atom stereocenters. The third-order valence-electron chi connectivity index (χ3n) is 3.70. The molecule has 4 nitrogen and oxygen atoms in total. The molecule has 1 aromatic carbocycles. The Kier molecular flexibility index (Phi) is 3.10. The highest BCUT2D eigenvalue weighted by Crippen LogP contribution is 2.38. The third-order valence-corrected chi connectivity index (χ3v) is 3.70. The fourth-order valence-electron chi connectivity index (χ4n) is 2.54. The molecular formula is C14H16N2O2. The van der Waals surface area contributed by atoms with Gasteiger partial charge in [0.1, 0.15) is 0 Å². The third kappa shape index (κ3) is 1.87. The van der Waals surface area contributed by atoms with Crippen molar-refractivity contribution in [1.82, 2.24) is 0 Å². The number of hydrogen-bond donors (Lipinski definition) is 1. The molecule has 1 amide bonds. The molecule has 1 aromatic rings. The molecule has 4 heteroatoms. The Morgan fingerprint density at radius 3 is 2.83 bits per heavy atom. The summed E-state index contributed by atoms with van der Waals surface area (Å²) in [7, 11) is 0. The summed E-state index contributed by atoms with van der Waals surface area (Å²) in [4.78, 5) is 13.8. The zero-order valence-electron chi connectivity index (χ0n) is 10.6. The number of anilines is 1. The van der Waals surface area contributed by atoms with Crippen molar-refractivity contribution in [2.75, 3.05) is 11.5 Å². The van der Waals surface area contributed by atoms with E-state index in [0.717, 1.165) is 5.69 Å². The predicted octanol–water partition coefficient (Wildman–Crippen LogP) is 1.68. The van der Waals surface area contributed by atoms with Crippen LogP contribution in [0, 0.1) is 17.2 Å². The molecule has 18 heavy (non-hydrogen) atoms. The minimum Gasteiger partial charge on any atom is -0.396 e. The molecule has 1 unspecified atom stereocenters. The second kappa shape index (κ2) is 4.43. The summed E-state index contributed by atoms with van der Waals surface area (Å²) in [6.07, 6.45) is 0.348. The summed E-state index contributed by atoms with van der Waals surface area (Å²) in [6, 6.07) is 9.07. The van der Waals surface area contributed by atoms with Crippen LogP contribution in [0.1, 0.15) is 25.8 Å². The second-order valence-corrected chi connectivity index (χ2v) is 5.13. The number of carbonyl (C=O) groups is 1. The predicted molar refractivity (Wildman–Crippen MR) is 67.9 cm³/mol. The van der Waals surface area contributed by atoms with Gasteiger partial charge in [0.15, 0.2) is 0 Å². The van der Waals surface area contributed by atoms with Gasteiger partial charge >= 0.3 is 0 Å². The molecule has 1 fully saturated rings. The number of carbonyl (C=O) groups excluding carboxylic acids is 1. The highest BCUT2D eigenvalue weighted by atomic mass is 16.3. The van der Waals surface area contributed by atoms with Crippen LogP contribution in [0.25, 0.3) is 0 Å². The molecule has 0 saturated carbocycles. The molecule has 0 spiro atoms. The van der Waals surface area contributed by atoms with Gasteiger partial charge in [0.25, 0.3) is 0 Å². The van der Waals surface area contributed by atoms with E-state index in [-0.39, 0.29) is 18.4 Å². The first-order valence-corrected chi connectivity index (χ1v) is 5.94. The van der Waals surface area contributed by atoms with E-state index in [1.807, 2.05) is 19.9 Å². The van der Waals surface area contributed by atoms with Crippen molar-refractivity contribution in [1.29, 1.82) is 5.26 Å². The Balaban J connectivity index is 2.43. The summed E-state index contributed by atoms with van der Waals surface area (Å²) < 4.78 is 0. The lowest BCUT2D eigenvalue weighted by molar-refractivity contribution is -0.117. The van der Waals surface area contributed by atoms with Gasteiger partial charge in [-0.1, -0.05) is 6.07 Å². The molecule has 0 aliphatic carbocycles. The van der Waals surface area contributed by atoms with Crippen molar-refractivity contribution >= 4 is 11.6 Å². The minimum absolute atomic E-state index is 0.00543. The molecular weight excluding hydrogens is 228 g/mol. The Labute approximate surface area is 106 Å². The summed E-state index contributed by atoms with van der Waals surface area (Å²) in [5.41, 5.74) is 0.823. The molecule has 0 bridgehead atoms. The fraction of sp³-hybridized carbons (Fsp3) is 0.429. The van der Waals surface area contributed by atoms with Crippen LogP contribution in [0.15, 0.2) is 24.3 Å². The molecule has 94 valence electrons. The van der Waals surface area contributed by atoms with E-state index in [0.29, 0.717) is 12.0 Å². The van der Waals surface area contributed by atoms with Crippen molar-refractivity contribution in [2.45, 2.75) is 25.8 Å². The summed E-state index contributed by atoms with van der Waals surface area (Å²) >= 11 is 0. The van der Waals surface area contributed by atoms with Gasteiger partial charge in [0.05, 0.1) is 11.6 Å². The van der Waals surface area contributed by atoms with Gasteiger partial charge in [-0.05, 0) is 32.0 Å². The molecule has 1 aliphatic rings. The van der Waals surface area contributed by atoms with E-state index < -0.39 is 5.54 Å². The van der Waals surface area contributed by atoms with E-state index in [2.05, 4.69) is 6.07 Å². The van der Waals surface area contributed by atoms with E-state index in [9.17, 15) is 9.90 Å². The number of rotatable bonds is 2. The van der Waals surface area contributed by atoms with Crippen molar-refractivity contribution in [3.05, 3.63) is 29.8 Å². The Hall–Kier alpha value is -1.86. The molecule has 0 aromatic heterocycles. The highest BCUT2D eigenvalue weighted by Gasteiger charge is 2.46. The number of amides is 1. The van der Waals surface area contributed by atoms with Gasteiger partial charge < -0.3 is 10.0 Å². The van der Waals surface area contributed by atoms with Crippen LogP contribution < -0.4 is 4.90 Å². The first-order chi connectivity index (χ1) is 8.50. The van der Waals surface area contributed by atoms with Gasteiger partial charge in [-0.3, -0.25) is 4.79 Å². The van der Waals surface area contributed by atoms with Gasteiger partial charge in [-0.15, -0.1) is 0 Å². The average molecular weight is 244 g/mol. The zero-order chi connectivity index (χ0) is 13.3. The van der Waals surface area contributed by atoms with Gasteiger partial charge in [-0.2, -0.15) is 5.26 Å². The smallest absolute Gasteiger partial charge is 0.227 e. The number of hydrogen-bond acceptors (Lipinski definition) is 3. The Morgan fingerprint density at radius 1 is 1.56 bits per heavy atom. The largest absolute Gasteiger partial charge is 0.396 e. The van der Waals surface area contributed by atoms with E-state index in [1.54, 1.807) is 23.1 Å². The number of aliphatic hydroxyl groups excluding tert-OH is 1. The maximum absolute atomic E-state index is 12.1. The molecule has 1 saturated heterocycles. The maximum Gasteiger partial charge on any atom is 0.227 e. The molecule has 1 aliphatic heterocycles. The van der Waals surface area contributed by atoms with Gasteiger partial charge in [-0.25, -0.2) is 0 Å². The monoisotopic (exact) mass is 244 g/mol. The summed E-state index contributed by atoms with van der Waals surface area (Å²) in [6.45, 7) is 3.88. The standard InChI is InChI=1S/C14H16N2O2/c1-14(2)11(9-17)7-13(18)16(14)12-5-3-4-10(6-12)8-15/h3-6,11,17H,7,9H2,1-2H3.